The topological polar surface area (TPSA) is 40.1 Å². The normalized spacial score (nSPS) is 13.9. The third kappa shape index (κ3) is 3.19. The maximum absolute atomic E-state index is 10.4. The van der Waals surface area contributed by atoms with Crippen molar-refractivity contribution in [1.82, 2.24) is 0 Å². The smallest absolute Gasteiger partial charge is 0.550 e. The zero-order valence-corrected chi connectivity index (χ0v) is 11.4. The molecule has 0 heterocycles. The van der Waals surface area contributed by atoms with Gasteiger partial charge in [0.15, 0.2) is 0 Å². The summed E-state index contributed by atoms with van der Waals surface area (Å²) in [6, 6.07) is 0. The summed E-state index contributed by atoms with van der Waals surface area (Å²) in [5.41, 5.74) is -0.367. The number of carboxylic acids is 1. The molecule has 0 aliphatic heterocycles. The molecule has 0 amide bonds. The Bertz CT molecular complexity index is 123. The van der Waals surface area contributed by atoms with E-state index >= 15 is 0 Å². The predicted octanol–water partition coefficient (Wildman–Crippen LogP) is -4.06. The molecule has 0 aromatic carbocycles. The molecule has 0 aliphatic carbocycles. The first kappa shape index (κ1) is 13.3. The second kappa shape index (κ2) is 4.54. The molecule has 0 aromatic heterocycles. The van der Waals surface area contributed by atoms with Gasteiger partial charge in [-0.15, -0.1) is 0 Å². The van der Waals surface area contributed by atoms with Crippen LogP contribution in [0.15, 0.2) is 0 Å². The van der Waals surface area contributed by atoms with E-state index in [2.05, 4.69) is 0 Å². The van der Waals surface area contributed by atoms with Crippen molar-refractivity contribution in [1.29, 1.82) is 0 Å². The molecule has 10 heavy (non-hydrogen) atoms. The van der Waals surface area contributed by atoms with Crippen LogP contribution in [0.5, 0.6) is 0 Å². The van der Waals surface area contributed by atoms with Gasteiger partial charge in [-0.05, 0) is 5.54 Å². The molecule has 0 spiro atoms. The third-order valence-electron chi connectivity index (χ3n) is 1.97. The summed E-state index contributed by atoms with van der Waals surface area (Å²) in [5.74, 6) is -0.940. The Balaban J connectivity index is 0. The van der Waals surface area contributed by atoms with Crippen molar-refractivity contribution in [3.63, 3.8) is 0 Å². The van der Waals surface area contributed by atoms with Gasteiger partial charge in [-0.1, -0.05) is 20.8 Å². The van der Waals surface area contributed by atoms with Gasteiger partial charge in [-0.25, -0.2) is 0 Å². The van der Waals surface area contributed by atoms with Gasteiger partial charge in [0.1, 0.15) is 0 Å². The first-order valence-electron chi connectivity index (χ1n) is 3.10. The van der Waals surface area contributed by atoms with E-state index in [1.54, 1.807) is 13.8 Å². The fraction of sp³-hybridized carbons (Fsp3) is 0.833. The van der Waals surface area contributed by atoms with Crippen LogP contribution in [0.1, 0.15) is 20.8 Å². The van der Waals surface area contributed by atoms with Crippen molar-refractivity contribution >= 4 is 16.2 Å². The Morgan fingerprint density at radius 1 is 1.60 bits per heavy atom. The summed E-state index contributed by atoms with van der Waals surface area (Å²) in [7, 11) is 0.904. The van der Waals surface area contributed by atoms with Crippen LogP contribution in [-0.2, 0) is 4.79 Å². The Hall–Kier alpha value is 0.687. The molecule has 0 N–H and O–H groups in total. The van der Waals surface area contributed by atoms with Crippen molar-refractivity contribution in [3.8, 4) is 0 Å². The fourth-order valence-corrected chi connectivity index (χ4v) is 0.471. The van der Waals surface area contributed by atoms with Crippen molar-refractivity contribution in [2.45, 2.75) is 26.3 Å². The minimum Gasteiger partial charge on any atom is -0.550 e. The van der Waals surface area contributed by atoms with Gasteiger partial charge < -0.3 is 9.90 Å². The Morgan fingerprint density at radius 3 is 1.90 bits per heavy atom. The maximum atomic E-state index is 10.4. The van der Waals surface area contributed by atoms with Crippen LogP contribution in [0.4, 0.5) is 0 Å². The Labute approximate surface area is 87.1 Å². The van der Waals surface area contributed by atoms with E-state index in [1.807, 2.05) is 6.92 Å². The molecule has 0 rings (SSSR count). The minimum atomic E-state index is -0.940. The summed E-state index contributed by atoms with van der Waals surface area (Å²) in [5, 5.41) is 10.4. The second-order valence-corrected chi connectivity index (χ2v) is 4.90. The second-order valence-electron chi connectivity index (χ2n) is 3.16. The van der Waals surface area contributed by atoms with Gasteiger partial charge in [0.25, 0.3) is 0 Å². The Kier molecular flexibility index (Phi) is 6.04. The number of carboxylic acid groups (broad SMARTS) is 1. The first-order chi connectivity index (χ1) is 3.89. The molecule has 0 saturated carbocycles. The molecule has 2 nitrogen and oxygen atoms in total. The number of carbonyl (C=O) groups is 1. The number of hydrogen-bond acceptors (Lipinski definition) is 2. The molecule has 1 atom stereocenters. The van der Waals surface area contributed by atoms with Gasteiger partial charge in [0.05, 0.1) is 0 Å². The standard InChI is InChI=1S/C6H14O2Si.Na/c1-4(9)6(2,3)5(7)8;/h4H,1-3,9H3,(H,7,8);/q;+1/p-1. The van der Waals surface area contributed by atoms with Crippen molar-refractivity contribution in [2.75, 3.05) is 0 Å². The summed E-state index contributed by atoms with van der Waals surface area (Å²) >= 11 is 0. The van der Waals surface area contributed by atoms with Gasteiger partial charge in [0.2, 0.25) is 0 Å². The molecule has 54 valence electrons. The summed E-state index contributed by atoms with van der Waals surface area (Å²) < 4.78 is 0. The number of rotatable bonds is 2. The summed E-state index contributed by atoms with van der Waals surface area (Å²) in [6.07, 6.45) is 0. The maximum Gasteiger partial charge on any atom is 1.00 e. The quantitative estimate of drug-likeness (QED) is 0.394. The van der Waals surface area contributed by atoms with E-state index in [-0.39, 0.29) is 35.1 Å². The van der Waals surface area contributed by atoms with E-state index in [1.165, 1.54) is 0 Å². The van der Waals surface area contributed by atoms with Gasteiger partial charge in [-0.3, -0.25) is 0 Å². The average molecular weight is 168 g/mol. The number of hydrogen-bond donors (Lipinski definition) is 0. The SMILES string of the molecule is CC([SiH3])C(C)(C)C(=O)[O-].[Na+]. The van der Waals surface area contributed by atoms with Gasteiger partial charge in [-0.2, -0.15) is 0 Å². The molecule has 1 unspecified atom stereocenters. The van der Waals surface area contributed by atoms with E-state index in [9.17, 15) is 9.90 Å². The van der Waals surface area contributed by atoms with Gasteiger partial charge >= 0.3 is 29.6 Å². The van der Waals surface area contributed by atoms with Crippen LogP contribution in [-0.4, -0.2) is 16.2 Å². The van der Waals surface area contributed by atoms with Crippen molar-refractivity contribution in [3.05, 3.63) is 0 Å². The molecular formula is C6H13NaO2Si. The number of aliphatic carboxylic acids is 1. The minimum absolute atomic E-state index is 0. The van der Waals surface area contributed by atoms with E-state index < -0.39 is 11.4 Å². The summed E-state index contributed by atoms with van der Waals surface area (Å²) in [4.78, 5) is 10.4. The average Bonchev–Trinajstić information content (AvgIpc) is 1.65. The molecule has 0 radical (unpaired) electrons. The van der Waals surface area contributed by atoms with Crippen LogP contribution >= 0.6 is 0 Å². The molecule has 0 fully saturated rings. The van der Waals surface area contributed by atoms with Crippen LogP contribution in [0.3, 0.4) is 0 Å². The fourth-order valence-electron chi connectivity index (χ4n) is 0.236. The third-order valence-corrected chi connectivity index (χ3v) is 3.41. The van der Waals surface area contributed by atoms with Crippen molar-refractivity contribution in [2.24, 2.45) is 5.41 Å². The molecule has 0 aromatic rings. The van der Waals surface area contributed by atoms with E-state index in [0.29, 0.717) is 0 Å². The molecule has 4 heteroatoms. The molecule has 0 saturated heterocycles. The zero-order chi connectivity index (χ0) is 7.65. The van der Waals surface area contributed by atoms with Crippen LogP contribution in [0.2, 0.25) is 5.54 Å². The van der Waals surface area contributed by atoms with Crippen LogP contribution in [0.25, 0.3) is 0 Å². The number of carbonyl (C=O) groups excluding carboxylic acids is 1. The van der Waals surface area contributed by atoms with Crippen LogP contribution < -0.4 is 34.7 Å². The summed E-state index contributed by atoms with van der Waals surface area (Å²) in [6.45, 7) is 5.35. The first-order valence-corrected chi connectivity index (χ1v) is 4.26. The molecular weight excluding hydrogens is 155 g/mol. The van der Waals surface area contributed by atoms with E-state index in [0.717, 1.165) is 10.2 Å². The largest absolute Gasteiger partial charge is 1.00 e. The monoisotopic (exact) mass is 168 g/mol. The Morgan fingerprint density at radius 2 is 1.90 bits per heavy atom. The molecule has 0 bridgehead atoms. The van der Waals surface area contributed by atoms with Crippen LogP contribution in [0, 0.1) is 5.41 Å². The van der Waals surface area contributed by atoms with Crippen molar-refractivity contribution < 1.29 is 39.5 Å². The molecule has 0 aliphatic rings. The van der Waals surface area contributed by atoms with E-state index in [4.69, 9.17) is 0 Å². The van der Waals surface area contributed by atoms with Gasteiger partial charge in [0, 0.05) is 21.6 Å². The zero-order valence-electron chi connectivity index (χ0n) is 7.39. The predicted molar refractivity (Wildman–Crippen MR) is 38.2 cm³/mol.